The van der Waals surface area contributed by atoms with Gasteiger partial charge in [0, 0.05) is 23.7 Å². The zero-order valence-corrected chi connectivity index (χ0v) is 16.0. The van der Waals surface area contributed by atoms with Gasteiger partial charge in [0.1, 0.15) is 5.03 Å². The maximum absolute atomic E-state index is 12.0. The van der Waals surface area contributed by atoms with E-state index in [0.717, 1.165) is 30.0 Å². The smallest absolute Gasteiger partial charge is 0.230 e. The van der Waals surface area contributed by atoms with Gasteiger partial charge in [0.15, 0.2) is 11.5 Å². The fourth-order valence-corrected chi connectivity index (χ4v) is 3.66. The Morgan fingerprint density at radius 2 is 2.11 bits per heavy atom. The van der Waals surface area contributed by atoms with Crippen molar-refractivity contribution in [3.63, 3.8) is 0 Å². The second-order valence-electron chi connectivity index (χ2n) is 6.20. The second-order valence-corrected chi connectivity index (χ2v) is 7.63. The third-order valence-electron chi connectivity index (χ3n) is 4.24. The number of halogens is 1. The van der Waals surface area contributed by atoms with E-state index in [1.807, 2.05) is 24.3 Å². The van der Waals surface area contributed by atoms with Crippen LogP contribution in [0.3, 0.4) is 0 Å². The number of carbonyl (C=O) groups is 1. The number of aromatic nitrogens is 4. The number of nitrogens with one attached hydrogen (secondary N) is 1. The minimum absolute atomic E-state index is 0.0286. The van der Waals surface area contributed by atoms with Crippen molar-refractivity contribution in [3.8, 4) is 11.4 Å². The number of nitrogens with zero attached hydrogens (tertiary/aromatic N) is 4. The van der Waals surface area contributed by atoms with Crippen molar-refractivity contribution in [2.45, 2.75) is 24.0 Å². The molecule has 1 atom stereocenters. The van der Waals surface area contributed by atoms with E-state index in [9.17, 15) is 4.79 Å². The first kappa shape index (κ1) is 18.2. The van der Waals surface area contributed by atoms with Crippen LogP contribution in [0.2, 0.25) is 5.02 Å². The number of thioether (sulfide) groups is 1. The van der Waals surface area contributed by atoms with Gasteiger partial charge in [-0.1, -0.05) is 23.4 Å². The molecule has 140 valence electrons. The van der Waals surface area contributed by atoms with E-state index in [4.69, 9.17) is 16.3 Å². The molecule has 3 heterocycles. The Bertz CT molecular complexity index is 941. The molecule has 0 saturated carbocycles. The van der Waals surface area contributed by atoms with Crippen LogP contribution in [0.1, 0.15) is 12.8 Å². The average molecular weight is 404 g/mol. The molecule has 2 aromatic heterocycles. The van der Waals surface area contributed by atoms with Gasteiger partial charge in [-0.2, -0.15) is 9.61 Å². The molecule has 1 fully saturated rings. The predicted molar refractivity (Wildman–Crippen MR) is 104 cm³/mol. The molecule has 1 unspecified atom stereocenters. The minimum Gasteiger partial charge on any atom is -0.376 e. The van der Waals surface area contributed by atoms with E-state index in [0.29, 0.717) is 28.8 Å². The van der Waals surface area contributed by atoms with Gasteiger partial charge in [0.05, 0.1) is 11.9 Å². The van der Waals surface area contributed by atoms with E-state index in [2.05, 4.69) is 20.6 Å². The molecule has 3 aromatic rings. The Hall–Kier alpha value is -2.16. The third-order valence-corrected chi connectivity index (χ3v) is 5.41. The molecule has 0 radical (unpaired) electrons. The van der Waals surface area contributed by atoms with Gasteiger partial charge in [-0.05, 0) is 49.2 Å². The van der Waals surface area contributed by atoms with E-state index in [1.54, 1.807) is 16.6 Å². The highest BCUT2D eigenvalue weighted by molar-refractivity contribution is 7.99. The molecule has 1 aliphatic heterocycles. The van der Waals surface area contributed by atoms with Gasteiger partial charge < -0.3 is 10.1 Å². The molecule has 0 bridgehead atoms. The number of hydrogen-bond acceptors (Lipinski definition) is 6. The van der Waals surface area contributed by atoms with Gasteiger partial charge in [-0.3, -0.25) is 4.79 Å². The second kappa shape index (κ2) is 8.24. The summed E-state index contributed by atoms with van der Waals surface area (Å²) in [7, 11) is 0. The first-order valence-corrected chi connectivity index (χ1v) is 10.0. The van der Waals surface area contributed by atoms with Crippen LogP contribution in [0, 0.1) is 0 Å². The largest absolute Gasteiger partial charge is 0.376 e. The first-order chi connectivity index (χ1) is 13.2. The third kappa shape index (κ3) is 4.40. The number of carbonyl (C=O) groups excluding carboxylic acids is 1. The summed E-state index contributed by atoms with van der Waals surface area (Å²) in [6.45, 7) is 1.35. The Labute approximate surface area is 165 Å². The van der Waals surface area contributed by atoms with Crippen LogP contribution in [0.4, 0.5) is 0 Å². The van der Waals surface area contributed by atoms with E-state index in [1.165, 1.54) is 11.8 Å². The number of hydrogen-bond donors (Lipinski definition) is 1. The van der Waals surface area contributed by atoms with E-state index in [-0.39, 0.29) is 12.0 Å². The molecule has 1 aromatic carbocycles. The SMILES string of the molecule is O=C(CSc1ccc2nnc(-c3ccc(Cl)cc3)n2n1)NCC1CCCO1. The summed E-state index contributed by atoms with van der Waals surface area (Å²) in [6, 6.07) is 11.0. The number of amides is 1. The van der Waals surface area contributed by atoms with Crippen molar-refractivity contribution in [1.82, 2.24) is 25.1 Å². The van der Waals surface area contributed by atoms with Crippen molar-refractivity contribution in [1.29, 1.82) is 0 Å². The van der Waals surface area contributed by atoms with Crippen molar-refractivity contribution >= 4 is 34.9 Å². The van der Waals surface area contributed by atoms with Crippen LogP contribution in [-0.4, -0.2) is 50.7 Å². The van der Waals surface area contributed by atoms with Gasteiger partial charge >= 0.3 is 0 Å². The summed E-state index contributed by atoms with van der Waals surface area (Å²) in [5.41, 5.74) is 1.52. The molecule has 1 saturated heterocycles. The highest BCUT2D eigenvalue weighted by Gasteiger charge is 2.16. The zero-order chi connectivity index (χ0) is 18.6. The molecule has 27 heavy (non-hydrogen) atoms. The highest BCUT2D eigenvalue weighted by Crippen LogP contribution is 2.22. The average Bonchev–Trinajstić information content (AvgIpc) is 3.35. The molecule has 4 rings (SSSR count). The number of benzene rings is 1. The topological polar surface area (TPSA) is 81.4 Å². The van der Waals surface area contributed by atoms with Crippen LogP contribution in [0.15, 0.2) is 41.4 Å². The Morgan fingerprint density at radius 3 is 2.89 bits per heavy atom. The van der Waals surface area contributed by atoms with E-state index < -0.39 is 0 Å². The molecule has 7 nitrogen and oxygen atoms in total. The summed E-state index contributed by atoms with van der Waals surface area (Å²) >= 11 is 7.32. The zero-order valence-electron chi connectivity index (χ0n) is 14.5. The lowest BCUT2D eigenvalue weighted by Crippen LogP contribution is -2.32. The van der Waals surface area contributed by atoms with Gasteiger partial charge in [0.25, 0.3) is 0 Å². The number of ether oxygens (including phenoxy) is 1. The molecular weight excluding hydrogens is 386 g/mol. The molecule has 0 aliphatic carbocycles. The Morgan fingerprint density at radius 1 is 1.26 bits per heavy atom. The maximum atomic E-state index is 12.0. The lowest BCUT2D eigenvalue weighted by Gasteiger charge is -2.10. The van der Waals surface area contributed by atoms with Gasteiger partial charge in [0.2, 0.25) is 5.91 Å². The Kier molecular flexibility index (Phi) is 5.56. The van der Waals surface area contributed by atoms with Gasteiger partial charge in [-0.25, -0.2) is 0 Å². The predicted octanol–water partition coefficient (Wildman–Crippen LogP) is 2.83. The molecular formula is C18H18ClN5O2S. The van der Waals surface area contributed by atoms with Crippen molar-refractivity contribution in [3.05, 3.63) is 41.4 Å². The normalized spacial score (nSPS) is 16.7. The fraction of sp³-hybridized carbons (Fsp3) is 0.333. The van der Waals surface area contributed by atoms with Gasteiger partial charge in [-0.15, -0.1) is 10.2 Å². The molecule has 0 spiro atoms. The van der Waals surface area contributed by atoms with Crippen LogP contribution >= 0.6 is 23.4 Å². The summed E-state index contributed by atoms with van der Waals surface area (Å²) < 4.78 is 7.19. The highest BCUT2D eigenvalue weighted by atomic mass is 35.5. The number of rotatable bonds is 6. The quantitative estimate of drug-likeness (QED) is 0.637. The monoisotopic (exact) mass is 403 g/mol. The lowest BCUT2D eigenvalue weighted by molar-refractivity contribution is -0.119. The summed E-state index contributed by atoms with van der Waals surface area (Å²) in [4.78, 5) is 12.0. The van der Waals surface area contributed by atoms with Crippen molar-refractivity contribution in [2.24, 2.45) is 0 Å². The fourth-order valence-electron chi connectivity index (χ4n) is 2.85. The number of fused-ring (bicyclic) bond motifs is 1. The summed E-state index contributed by atoms with van der Waals surface area (Å²) in [6.07, 6.45) is 2.22. The van der Waals surface area contributed by atoms with Crippen LogP contribution < -0.4 is 5.32 Å². The van der Waals surface area contributed by atoms with Crippen LogP contribution in [-0.2, 0) is 9.53 Å². The van der Waals surface area contributed by atoms with Crippen molar-refractivity contribution < 1.29 is 9.53 Å². The van der Waals surface area contributed by atoms with Crippen LogP contribution in [0.5, 0.6) is 0 Å². The van der Waals surface area contributed by atoms with E-state index >= 15 is 0 Å². The summed E-state index contributed by atoms with van der Waals surface area (Å²) in [5, 5.41) is 17.2. The maximum Gasteiger partial charge on any atom is 0.230 e. The lowest BCUT2D eigenvalue weighted by atomic mass is 10.2. The van der Waals surface area contributed by atoms with Crippen molar-refractivity contribution in [2.75, 3.05) is 18.9 Å². The molecule has 1 amide bonds. The van der Waals surface area contributed by atoms with Crippen LogP contribution in [0.25, 0.3) is 17.0 Å². The summed E-state index contributed by atoms with van der Waals surface area (Å²) in [5.74, 6) is 0.898. The molecule has 1 N–H and O–H groups in total. The first-order valence-electron chi connectivity index (χ1n) is 8.68. The Balaban J connectivity index is 1.42. The standard InChI is InChI=1S/C18H18ClN5O2S/c19-13-5-3-12(4-6-13)18-22-21-15-7-8-17(23-24(15)18)27-11-16(25)20-10-14-2-1-9-26-14/h3-8,14H,1-2,9-11H2,(H,20,25). The minimum atomic E-state index is -0.0286. The molecule has 9 heteroatoms. The molecule has 1 aliphatic rings.